The lowest BCUT2D eigenvalue weighted by molar-refractivity contribution is -0.119. The normalized spacial score (nSPS) is 10.3. The highest BCUT2D eigenvalue weighted by Crippen LogP contribution is 2.36. The molecule has 1 aromatic heterocycles. The van der Waals surface area contributed by atoms with Gasteiger partial charge in [-0.05, 0) is 36.4 Å². The van der Waals surface area contributed by atoms with Gasteiger partial charge in [0.1, 0.15) is 10.7 Å². The molecule has 0 aliphatic rings. The Morgan fingerprint density at radius 2 is 2.08 bits per heavy atom. The zero-order chi connectivity index (χ0) is 18.7. The summed E-state index contributed by atoms with van der Waals surface area (Å²) in [7, 11) is 0. The number of anilines is 1. The second-order valence-electron chi connectivity index (χ2n) is 5.20. The highest BCUT2D eigenvalue weighted by Gasteiger charge is 2.19. The molecule has 0 atom stereocenters. The van der Waals surface area contributed by atoms with Crippen LogP contribution in [0.3, 0.4) is 0 Å². The molecule has 0 saturated heterocycles. The van der Waals surface area contributed by atoms with Gasteiger partial charge in [-0.1, -0.05) is 17.7 Å². The van der Waals surface area contributed by atoms with E-state index >= 15 is 0 Å². The number of carbonyl (C=O) groups is 2. The number of rotatable bonds is 4. The van der Waals surface area contributed by atoms with Crippen molar-refractivity contribution >= 4 is 50.6 Å². The first-order valence-corrected chi connectivity index (χ1v) is 8.52. The van der Waals surface area contributed by atoms with Gasteiger partial charge in [-0.25, -0.2) is 9.18 Å². The number of ether oxygens (including phenoxy) is 1. The molecule has 3 aromatic rings. The van der Waals surface area contributed by atoms with Crippen LogP contribution in [0.4, 0.5) is 10.1 Å². The Bertz CT molecular complexity index is 1060. The van der Waals surface area contributed by atoms with Crippen molar-refractivity contribution in [3.05, 3.63) is 63.7 Å². The van der Waals surface area contributed by atoms with E-state index in [-0.39, 0.29) is 9.90 Å². The Hall–Kier alpha value is -2.95. The molecule has 2 aromatic carbocycles. The maximum Gasteiger partial charge on any atom is 0.350 e. The maximum absolute atomic E-state index is 13.3. The predicted octanol–water partition coefficient (Wildman–Crippen LogP) is 4.36. The minimum atomic E-state index is -0.766. The van der Waals surface area contributed by atoms with Crippen LogP contribution < -0.4 is 5.32 Å². The minimum Gasteiger partial charge on any atom is -0.451 e. The summed E-state index contributed by atoms with van der Waals surface area (Å²) in [5.74, 6) is -1.76. The molecule has 0 saturated carbocycles. The van der Waals surface area contributed by atoms with Crippen molar-refractivity contribution in [3.8, 4) is 6.07 Å². The third-order valence-electron chi connectivity index (χ3n) is 3.39. The van der Waals surface area contributed by atoms with Crippen molar-refractivity contribution in [2.24, 2.45) is 0 Å². The largest absolute Gasteiger partial charge is 0.451 e. The topological polar surface area (TPSA) is 79.2 Å². The van der Waals surface area contributed by atoms with Gasteiger partial charge in [0.25, 0.3) is 5.91 Å². The molecule has 0 fully saturated rings. The van der Waals surface area contributed by atoms with Crippen molar-refractivity contribution in [1.82, 2.24) is 0 Å². The fourth-order valence-corrected chi connectivity index (χ4v) is 3.66. The Labute approximate surface area is 156 Å². The maximum atomic E-state index is 13.3. The number of carbonyl (C=O) groups excluding carboxylic acids is 2. The van der Waals surface area contributed by atoms with Crippen LogP contribution >= 0.6 is 22.9 Å². The lowest BCUT2D eigenvalue weighted by Crippen LogP contribution is -2.20. The fraction of sp³-hybridized carbons (Fsp3) is 0.0556. The molecule has 26 heavy (non-hydrogen) atoms. The average Bonchev–Trinajstić information content (AvgIpc) is 2.95. The first kappa shape index (κ1) is 17.9. The van der Waals surface area contributed by atoms with E-state index in [1.54, 1.807) is 18.2 Å². The van der Waals surface area contributed by atoms with Crippen LogP contribution in [0.25, 0.3) is 10.1 Å². The van der Waals surface area contributed by atoms with E-state index in [0.717, 1.165) is 11.3 Å². The molecule has 1 heterocycles. The molecule has 130 valence electrons. The van der Waals surface area contributed by atoms with E-state index in [1.807, 2.05) is 6.07 Å². The number of fused-ring (bicyclic) bond motifs is 1. The van der Waals surface area contributed by atoms with Crippen LogP contribution in [-0.2, 0) is 9.53 Å². The average molecular weight is 389 g/mol. The molecular weight excluding hydrogens is 379 g/mol. The van der Waals surface area contributed by atoms with Gasteiger partial charge in [0.15, 0.2) is 6.61 Å². The van der Waals surface area contributed by atoms with Gasteiger partial charge in [-0.3, -0.25) is 4.79 Å². The highest BCUT2D eigenvalue weighted by molar-refractivity contribution is 7.21. The number of hydrogen-bond donors (Lipinski definition) is 1. The van der Waals surface area contributed by atoms with Crippen molar-refractivity contribution in [1.29, 1.82) is 5.26 Å². The molecule has 1 N–H and O–H groups in total. The molecule has 0 bridgehead atoms. The lowest BCUT2D eigenvalue weighted by Gasteiger charge is -2.06. The summed E-state index contributed by atoms with van der Waals surface area (Å²) in [4.78, 5) is 24.2. The number of nitriles is 1. The monoisotopic (exact) mass is 388 g/mol. The van der Waals surface area contributed by atoms with Gasteiger partial charge >= 0.3 is 5.97 Å². The third-order valence-corrected chi connectivity index (χ3v) is 5.02. The van der Waals surface area contributed by atoms with Gasteiger partial charge < -0.3 is 10.1 Å². The number of hydrogen-bond acceptors (Lipinski definition) is 5. The van der Waals surface area contributed by atoms with Crippen LogP contribution in [-0.4, -0.2) is 18.5 Å². The molecule has 0 spiro atoms. The zero-order valence-corrected chi connectivity index (χ0v) is 14.7. The van der Waals surface area contributed by atoms with Gasteiger partial charge in [-0.2, -0.15) is 5.26 Å². The standard InChI is InChI=1S/C18H10ClFN2O3S/c19-16-13-5-4-11(20)7-14(13)26-17(16)18(24)25-9-15(23)22-12-3-1-2-10(6-12)8-21/h1-7H,9H2,(H,22,23). The van der Waals surface area contributed by atoms with E-state index < -0.39 is 24.3 Å². The molecule has 0 aliphatic carbocycles. The second-order valence-corrected chi connectivity index (χ2v) is 6.63. The molecule has 0 aliphatic heterocycles. The molecule has 0 unspecified atom stereocenters. The van der Waals surface area contributed by atoms with Crippen molar-refractivity contribution in [2.45, 2.75) is 0 Å². The minimum absolute atomic E-state index is 0.103. The summed E-state index contributed by atoms with van der Waals surface area (Å²) in [6, 6.07) is 12.3. The SMILES string of the molecule is N#Cc1cccc(NC(=O)COC(=O)c2sc3cc(F)ccc3c2Cl)c1. The highest BCUT2D eigenvalue weighted by atomic mass is 35.5. The van der Waals surface area contributed by atoms with Crippen molar-refractivity contribution < 1.29 is 18.7 Å². The Kier molecular flexibility index (Phi) is 5.16. The van der Waals surface area contributed by atoms with Crippen LogP contribution in [0.15, 0.2) is 42.5 Å². The quantitative estimate of drug-likeness (QED) is 0.673. The number of nitrogens with one attached hydrogen (secondary N) is 1. The van der Waals surface area contributed by atoms with Gasteiger partial charge in [0.2, 0.25) is 0 Å². The number of esters is 1. The van der Waals surface area contributed by atoms with E-state index in [9.17, 15) is 14.0 Å². The number of halogens is 2. The Morgan fingerprint density at radius 3 is 2.85 bits per heavy atom. The van der Waals surface area contributed by atoms with E-state index in [1.165, 1.54) is 24.3 Å². The first-order chi connectivity index (χ1) is 12.5. The summed E-state index contributed by atoms with van der Waals surface area (Å²) in [6.45, 7) is -0.519. The zero-order valence-electron chi connectivity index (χ0n) is 13.1. The molecule has 1 amide bonds. The van der Waals surface area contributed by atoms with Gasteiger partial charge in [0.05, 0.1) is 16.7 Å². The van der Waals surface area contributed by atoms with E-state index in [4.69, 9.17) is 21.6 Å². The third kappa shape index (κ3) is 3.82. The molecular formula is C18H10ClFN2O3S. The van der Waals surface area contributed by atoms with E-state index in [0.29, 0.717) is 21.3 Å². The van der Waals surface area contributed by atoms with Crippen molar-refractivity contribution in [2.75, 3.05) is 11.9 Å². The Balaban J connectivity index is 1.66. The van der Waals surface area contributed by atoms with Crippen LogP contribution in [0.1, 0.15) is 15.2 Å². The number of thiophene rings is 1. The van der Waals surface area contributed by atoms with Crippen LogP contribution in [0, 0.1) is 17.1 Å². The predicted molar refractivity (Wildman–Crippen MR) is 96.9 cm³/mol. The second kappa shape index (κ2) is 7.52. The van der Waals surface area contributed by atoms with E-state index in [2.05, 4.69) is 5.32 Å². The smallest absolute Gasteiger partial charge is 0.350 e. The van der Waals surface area contributed by atoms with Crippen LogP contribution in [0.2, 0.25) is 5.02 Å². The van der Waals surface area contributed by atoms with Gasteiger partial charge in [0, 0.05) is 15.8 Å². The summed E-state index contributed by atoms with van der Waals surface area (Å²) in [5.41, 5.74) is 0.810. The fourth-order valence-electron chi connectivity index (χ4n) is 2.23. The summed E-state index contributed by atoms with van der Waals surface area (Å²) in [5, 5.41) is 12.1. The first-order valence-electron chi connectivity index (χ1n) is 7.32. The number of benzene rings is 2. The summed E-state index contributed by atoms with van der Waals surface area (Å²) < 4.78 is 18.8. The summed E-state index contributed by atoms with van der Waals surface area (Å²) in [6.07, 6.45) is 0. The summed E-state index contributed by atoms with van der Waals surface area (Å²) >= 11 is 7.13. The Morgan fingerprint density at radius 1 is 1.27 bits per heavy atom. The number of nitrogens with zero attached hydrogens (tertiary/aromatic N) is 1. The van der Waals surface area contributed by atoms with Gasteiger partial charge in [-0.15, -0.1) is 11.3 Å². The molecule has 5 nitrogen and oxygen atoms in total. The molecule has 0 radical (unpaired) electrons. The lowest BCUT2D eigenvalue weighted by atomic mass is 10.2. The van der Waals surface area contributed by atoms with Crippen LogP contribution in [0.5, 0.6) is 0 Å². The molecule has 8 heteroatoms. The van der Waals surface area contributed by atoms with Crippen molar-refractivity contribution in [3.63, 3.8) is 0 Å². The number of amides is 1. The molecule has 3 rings (SSSR count).